The first kappa shape index (κ1) is 15.4. The van der Waals surface area contributed by atoms with Crippen LogP contribution < -0.4 is 10.2 Å². The number of aromatic nitrogens is 1. The summed E-state index contributed by atoms with van der Waals surface area (Å²) < 4.78 is 0.522. The largest absolute Gasteiger partial charge is 0.380 e. The average molecular weight is 363 g/mol. The topological polar surface area (TPSA) is 65.5 Å². The maximum Gasteiger partial charge on any atom is 0.332 e. The molecule has 3 amide bonds. The molecule has 0 spiro atoms. The quantitative estimate of drug-likeness (QED) is 0.847. The van der Waals surface area contributed by atoms with Gasteiger partial charge in [-0.15, -0.1) is 11.3 Å². The first-order valence-electron chi connectivity index (χ1n) is 7.72. The Balaban J connectivity index is 1.46. The number of amides is 3. The van der Waals surface area contributed by atoms with Crippen molar-refractivity contribution in [3.63, 3.8) is 0 Å². The molecule has 2 fully saturated rings. The zero-order valence-corrected chi connectivity index (χ0v) is 14.3. The molecule has 2 aliphatic rings. The van der Waals surface area contributed by atoms with Gasteiger partial charge in [-0.2, -0.15) is 0 Å². The zero-order chi connectivity index (χ0) is 16.7. The molecule has 0 bridgehead atoms. The number of fused-ring (bicyclic) bond motifs is 1. The lowest BCUT2D eigenvalue weighted by molar-refractivity contribution is -0.119. The van der Waals surface area contributed by atoms with Gasteiger partial charge in [-0.1, -0.05) is 11.6 Å². The van der Waals surface area contributed by atoms with Gasteiger partial charge in [0.25, 0.3) is 5.91 Å². The van der Waals surface area contributed by atoms with E-state index in [9.17, 15) is 9.59 Å². The van der Waals surface area contributed by atoms with Crippen molar-refractivity contribution in [3.05, 3.63) is 39.8 Å². The molecule has 0 saturated carbocycles. The Kier molecular flexibility index (Phi) is 3.90. The second-order valence-electron chi connectivity index (χ2n) is 5.79. The molecule has 24 heavy (non-hydrogen) atoms. The molecule has 1 aromatic carbocycles. The predicted molar refractivity (Wildman–Crippen MR) is 93.5 cm³/mol. The van der Waals surface area contributed by atoms with Crippen LogP contribution in [0.5, 0.6) is 0 Å². The fourth-order valence-corrected chi connectivity index (χ4v) is 4.06. The maximum absolute atomic E-state index is 12.4. The van der Waals surface area contributed by atoms with Crippen LogP contribution in [0.1, 0.15) is 17.7 Å². The van der Waals surface area contributed by atoms with Gasteiger partial charge < -0.3 is 10.2 Å². The number of hydrogen-bond acceptors (Lipinski definition) is 5. The first-order chi connectivity index (χ1) is 11.6. The van der Waals surface area contributed by atoms with Crippen molar-refractivity contribution < 1.29 is 9.59 Å². The van der Waals surface area contributed by atoms with Gasteiger partial charge in [-0.05, 0) is 37.1 Å². The van der Waals surface area contributed by atoms with E-state index in [1.807, 2.05) is 12.1 Å². The highest BCUT2D eigenvalue weighted by atomic mass is 35.5. The smallest absolute Gasteiger partial charge is 0.332 e. The minimum atomic E-state index is -0.272. The van der Waals surface area contributed by atoms with Crippen LogP contribution in [0.15, 0.2) is 30.5 Å². The Labute approximate surface area is 148 Å². The Morgan fingerprint density at radius 1 is 1.29 bits per heavy atom. The van der Waals surface area contributed by atoms with Crippen molar-refractivity contribution in [2.45, 2.75) is 25.4 Å². The molecule has 2 aromatic rings. The van der Waals surface area contributed by atoms with Crippen molar-refractivity contribution in [1.29, 1.82) is 0 Å². The molecular weight excluding hydrogens is 348 g/mol. The third-order valence-corrected chi connectivity index (χ3v) is 5.43. The second-order valence-corrected chi connectivity index (χ2v) is 7.48. The standard InChI is InChI=1S/C16H15ClN4O2S/c17-15-19-9-12(24-15)8-18-10-3-5-11(6-4-10)21-14(22)13-2-1-7-20(13)16(21)23/h3-6,9,13,18H,1-2,7-8H2. The molecule has 2 aliphatic heterocycles. The van der Waals surface area contributed by atoms with Gasteiger partial charge in [0.05, 0.1) is 12.2 Å². The highest BCUT2D eigenvalue weighted by Gasteiger charge is 2.47. The number of hydrogen-bond donors (Lipinski definition) is 1. The maximum atomic E-state index is 12.4. The van der Waals surface area contributed by atoms with E-state index in [2.05, 4.69) is 10.3 Å². The lowest BCUT2D eigenvalue weighted by Gasteiger charge is -2.16. The number of thiazole rings is 1. The number of urea groups is 1. The minimum absolute atomic E-state index is 0.113. The van der Waals surface area contributed by atoms with E-state index >= 15 is 0 Å². The van der Waals surface area contributed by atoms with E-state index in [-0.39, 0.29) is 18.0 Å². The second kappa shape index (κ2) is 6.07. The van der Waals surface area contributed by atoms with E-state index < -0.39 is 0 Å². The summed E-state index contributed by atoms with van der Waals surface area (Å²) in [7, 11) is 0. The van der Waals surface area contributed by atoms with E-state index in [1.165, 1.54) is 16.2 Å². The van der Waals surface area contributed by atoms with Crippen molar-refractivity contribution in [1.82, 2.24) is 9.88 Å². The van der Waals surface area contributed by atoms with Crippen LogP contribution in [0.3, 0.4) is 0 Å². The van der Waals surface area contributed by atoms with Crippen molar-refractivity contribution in [2.75, 3.05) is 16.8 Å². The van der Waals surface area contributed by atoms with Crippen LogP contribution in [0, 0.1) is 0 Å². The first-order valence-corrected chi connectivity index (χ1v) is 8.91. The third kappa shape index (κ3) is 2.63. The summed E-state index contributed by atoms with van der Waals surface area (Å²) in [4.78, 5) is 32.8. The van der Waals surface area contributed by atoms with Crippen LogP contribution in [-0.4, -0.2) is 34.4 Å². The van der Waals surface area contributed by atoms with Crippen molar-refractivity contribution in [3.8, 4) is 0 Å². The lowest BCUT2D eigenvalue weighted by atomic mass is 10.2. The van der Waals surface area contributed by atoms with Crippen LogP contribution in [0.4, 0.5) is 16.2 Å². The third-order valence-electron chi connectivity index (χ3n) is 4.31. The molecule has 1 N–H and O–H groups in total. The van der Waals surface area contributed by atoms with Gasteiger partial charge in [-0.25, -0.2) is 14.7 Å². The van der Waals surface area contributed by atoms with E-state index in [0.717, 1.165) is 23.4 Å². The number of imide groups is 1. The number of benzene rings is 1. The van der Waals surface area contributed by atoms with Crippen LogP contribution in [0.2, 0.25) is 4.47 Å². The van der Waals surface area contributed by atoms with Gasteiger partial charge in [-0.3, -0.25) is 4.79 Å². The molecule has 1 aromatic heterocycles. The minimum Gasteiger partial charge on any atom is -0.380 e. The van der Waals surface area contributed by atoms with Gasteiger partial charge >= 0.3 is 6.03 Å². The molecule has 124 valence electrons. The molecule has 0 radical (unpaired) electrons. The molecule has 0 aliphatic carbocycles. The summed E-state index contributed by atoms with van der Waals surface area (Å²) in [5, 5.41) is 3.27. The van der Waals surface area contributed by atoms with E-state index in [0.29, 0.717) is 23.2 Å². The van der Waals surface area contributed by atoms with E-state index in [1.54, 1.807) is 23.2 Å². The fourth-order valence-electron chi connectivity index (χ4n) is 3.14. The summed E-state index contributed by atoms with van der Waals surface area (Å²) in [5.74, 6) is -0.113. The zero-order valence-electron chi connectivity index (χ0n) is 12.7. The highest BCUT2D eigenvalue weighted by molar-refractivity contribution is 7.15. The average Bonchev–Trinajstić information content (AvgIpc) is 3.27. The Morgan fingerprint density at radius 2 is 2.08 bits per heavy atom. The van der Waals surface area contributed by atoms with Gasteiger partial charge in [0, 0.05) is 23.3 Å². The van der Waals surface area contributed by atoms with E-state index in [4.69, 9.17) is 11.6 Å². The molecule has 1 atom stereocenters. The Hall–Kier alpha value is -2.12. The summed E-state index contributed by atoms with van der Waals surface area (Å²) in [6.45, 7) is 1.30. The molecule has 8 heteroatoms. The van der Waals surface area contributed by atoms with Crippen LogP contribution in [0.25, 0.3) is 0 Å². The number of rotatable bonds is 4. The van der Waals surface area contributed by atoms with Gasteiger partial charge in [0.15, 0.2) is 4.47 Å². The van der Waals surface area contributed by atoms with Gasteiger partial charge in [0.1, 0.15) is 6.04 Å². The molecule has 1 unspecified atom stereocenters. The SMILES string of the molecule is O=C1C2CCCN2C(=O)N1c1ccc(NCc2cnc(Cl)s2)cc1. The predicted octanol–water partition coefficient (Wildman–Crippen LogP) is 3.34. The lowest BCUT2D eigenvalue weighted by Crippen LogP contribution is -2.32. The summed E-state index contributed by atoms with van der Waals surface area (Å²) in [5.41, 5.74) is 1.52. The van der Waals surface area contributed by atoms with Crippen LogP contribution in [-0.2, 0) is 11.3 Å². The van der Waals surface area contributed by atoms with Crippen LogP contribution >= 0.6 is 22.9 Å². The summed E-state index contributed by atoms with van der Waals surface area (Å²) >= 11 is 7.24. The molecule has 6 nitrogen and oxygen atoms in total. The number of carbonyl (C=O) groups is 2. The van der Waals surface area contributed by atoms with Crippen molar-refractivity contribution >= 4 is 46.3 Å². The van der Waals surface area contributed by atoms with Crippen molar-refractivity contribution in [2.24, 2.45) is 0 Å². The summed E-state index contributed by atoms with van der Waals surface area (Å²) in [6, 6.07) is 6.83. The normalized spacial score (nSPS) is 20.0. The highest BCUT2D eigenvalue weighted by Crippen LogP contribution is 2.31. The molecule has 2 saturated heterocycles. The number of nitrogens with zero attached hydrogens (tertiary/aromatic N) is 3. The number of carbonyl (C=O) groups excluding carboxylic acids is 2. The van der Waals surface area contributed by atoms with Gasteiger partial charge in [0.2, 0.25) is 0 Å². The number of halogens is 1. The number of anilines is 2. The number of nitrogens with one attached hydrogen (secondary N) is 1. The molecule has 3 heterocycles. The Bertz CT molecular complexity index is 770. The molecular formula is C16H15ClN4O2S. The molecule has 4 rings (SSSR count). The summed E-state index contributed by atoms with van der Waals surface area (Å²) in [6.07, 6.45) is 3.40. The Morgan fingerprint density at radius 3 is 2.75 bits per heavy atom. The monoisotopic (exact) mass is 362 g/mol. The fraction of sp³-hybridized carbons (Fsp3) is 0.312.